The van der Waals surface area contributed by atoms with Gasteiger partial charge in [0.15, 0.2) is 11.6 Å². The molecule has 0 radical (unpaired) electrons. The van der Waals surface area contributed by atoms with Crippen molar-refractivity contribution in [2.75, 3.05) is 0 Å². The van der Waals surface area contributed by atoms with Gasteiger partial charge >= 0.3 is 0 Å². The van der Waals surface area contributed by atoms with Crippen molar-refractivity contribution < 1.29 is 9.13 Å². The Balaban J connectivity index is 2.14. The second-order valence-corrected chi connectivity index (χ2v) is 3.97. The molecule has 0 saturated heterocycles. The monoisotopic (exact) mass is 246 g/mol. The van der Waals surface area contributed by atoms with Crippen LogP contribution < -0.4 is 10.5 Å². The number of hydrogen-bond acceptors (Lipinski definition) is 3. The maximum atomic E-state index is 13.4. The van der Waals surface area contributed by atoms with Crippen LogP contribution in [-0.2, 0) is 0 Å². The third kappa shape index (κ3) is 2.84. The third-order valence-electron chi connectivity index (χ3n) is 2.64. The molecule has 0 amide bonds. The first-order valence-corrected chi connectivity index (χ1v) is 5.84. The number of nitrogens with zero attached hydrogens (tertiary/aromatic N) is 1. The molecule has 1 heterocycles. The minimum atomic E-state index is -0.396. The summed E-state index contributed by atoms with van der Waals surface area (Å²) in [7, 11) is 0. The quantitative estimate of drug-likeness (QED) is 0.899. The van der Waals surface area contributed by atoms with Gasteiger partial charge in [-0.25, -0.2) is 4.39 Å². The Kier molecular flexibility index (Phi) is 3.89. The fraction of sp³-hybridized carbons (Fsp3) is 0.214. The topological polar surface area (TPSA) is 48.1 Å². The summed E-state index contributed by atoms with van der Waals surface area (Å²) in [4.78, 5) is 4.20. The van der Waals surface area contributed by atoms with Crippen LogP contribution >= 0.6 is 0 Å². The average molecular weight is 246 g/mol. The molecule has 1 atom stereocenters. The molecule has 0 unspecified atom stereocenters. The maximum absolute atomic E-state index is 13.4. The van der Waals surface area contributed by atoms with Crippen LogP contribution in [0.3, 0.4) is 0 Å². The Morgan fingerprint density at radius 2 is 2.06 bits per heavy atom. The largest absolute Gasteiger partial charge is 0.453 e. The molecule has 18 heavy (non-hydrogen) atoms. The van der Waals surface area contributed by atoms with E-state index in [-0.39, 0.29) is 11.8 Å². The van der Waals surface area contributed by atoms with Crippen LogP contribution in [0.4, 0.5) is 4.39 Å². The van der Waals surface area contributed by atoms with Gasteiger partial charge in [-0.3, -0.25) is 4.98 Å². The highest BCUT2D eigenvalue weighted by molar-refractivity contribution is 5.31. The summed E-state index contributed by atoms with van der Waals surface area (Å²) in [5, 5.41) is 0. The van der Waals surface area contributed by atoms with Gasteiger partial charge in [0.2, 0.25) is 0 Å². The van der Waals surface area contributed by atoms with Gasteiger partial charge in [-0.2, -0.15) is 0 Å². The van der Waals surface area contributed by atoms with Crippen molar-refractivity contribution in [1.82, 2.24) is 4.98 Å². The lowest BCUT2D eigenvalue weighted by Gasteiger charge is -2.10. The van der Waals surface area contributed by atoms with Gasteiger partial charge < -0.3 is 10.5 Å². The minimum absolute atomic E-state index is 0.0764. The summed E-state index contributed by atoms with van der Waals surface area (Å²) >= 11 is 0. The lowest BCUT2D eigenvalue weighted by molar-refractivity contribution is 0.440. The summed E-state index contributed by atoms with van der Waals surface area (Å²) in [5.41, 5.74) is 6.66. The Labute approximate surface area is 105 Å². The molecule has 2 N–H and O–H groups in total. The van der Waals surface area contributed by atoms with Gasteiger partial charge in [-0.15, -0.1) is 0 Å². The zero-order valence-corrected chi connectivity index (χ0v) is 10.1. The molecular formula is C14H15FN2O. The molecule has 0 bridgehead atoms. The van der Waals surface area contributed by atoms with Crippen LogP contribution in [0.25, 0.3) is 0 Å². The molecule has 1 aromatic carbocycles. The number of ether oxygens (including phenoxy) is 1. The number of rotatable bonds is 4. The number of para-hydroxylation sites is 1. The van der Waals surface area contributed by atoms with Gasteiger partial charge in [0.1, 0.15) is 5.75 Å². The molecule has 0 spiro atoms. The second kappa shape index (κ2) is 5.60. The maximum Gasteiger partial charge on any atom is 0.165 e. The van der Waals surface area contributed by atoms with Crippen molar-refractivity contribution in [3.05, 3.63) is 54.1 Å². The Bertz CT molecular complexity index is 513. The number of hydrogen-bond donors (Lipinski definition) is 1. The minimum Gasteiger partial charge on any atom is -0.453 e. The lowest BCUT2D eigenvalue weighted by atomic mass is 10.1. The summed E-state index contributed by atoms with van der Waals surface area (Å²) in [6.45, 7) is 2.00. The first-order chi connectivity index (χ1) is 8.70. The smallest absolute Gasteiger partial charge is 0.165 e. The zero-order valence-electron chi connectivity index (χ0n) is 10.1. The van der Waals surface area contributed by atoms with Crippen molar-refractivity contribution >= 4 is 0 Å². The molecular weight excluding hydrogens is 231 g/mol. The van der Waals surface area contributed by atoms with Crippen molar-refractivity contribution in [3.63, 3.8) is 0 Å². The van der Waals surface area contributed by atoms with E-state index in [0.29, 0.717) is 5.75 Å². The molecule has 1 aromatic heterocycles. The SMILES string of the molecule is CC[C@@H](N)c1ccc(Oc2ccccc2F)cn1. The Morgan fingerprint density at radius 3 is 2.67 bits per heavy atom. The first-order valence-electron chi connectivity index (χ1n) is 5.84. The normalized spacial score (nSPS) is 12.2. The summed E-state index contributed by atoms with van der Waals surface area (Å²) in [6, 6.07) is 9.71. The molecule has 2 rings (SSSR count). The first kappa shape index (κ1) is 12.5. The third-order valence-corrected chi connectivity index (χ3v) is 2.64. The van der Waals surface area contributed by atoms with E-state index in [9.17, 15) is 4.39 Å². The van der Waals surface area contributed by atoms with E-state index in [0.717, 1.165) is 12.1 Å². The average Bonchev–Trinajstić information content (AvgIpc) is 2.41. The molecule has 0 aliphatic carbocycles. The van der Waals surface area contributed by atoms with Crippen molar-refractivity contribution in [2.45, 2.75) is 19.4 Å². The van der Waals surface area contributed by atoms with E-state index in [1.54, 1.807) is 36.5 Å². The molecule has 94 valence electrons. The predicted octanol–water partition coefficient (Wildman–Crippen LogP) is 3.42. The van der Waals surface area contributed by atoms with Crippen LogP contribution in [-0.4, -0.2) is 4.98 Å². The highest BCUT2D eigenvalue weighted by Gasteiger charge is 2.06. The summed E-state index contributed by atoms with van der Waals surface area (Å²) < 4.78 is 18.8. The highest BCUT2D eigenvalue weighted by atomic mass is 19.1. The molecule has 0 saturated carbocycles. The van der Waals surface area contributed by atoms with E-state index in [1.165, 1.54) is 6.07 Å². The van der Waals surface area contributed by atoms with Crippen LogP contribution in [0.15, 0.2) is 42.6 Å². The van der Waals surface area contributed by atoms with E-state index < -0.39 is 5.82 Å². The van der Waals surface area contributed by atoms with Gasteiger partial charge in [0, 0.05) is 6.04 Å². The van der Waals surface area contributed by atoms with Crippen LogP contribution in [0.5, 0.6) is 11.5 Å². The van der Waals surface area contributed by atoms with Crippen molar-refractivity contribution in [2.24, 2.45) is 5.73 Å². The fourth-order valence-electron chi connectivity index (χ4n) is 1.54. The molecule has 0 fully saturated rings. The summed E-state index contributed by atoms with van der Waals surface area (Å²) in [6.07, 6.45) is 2.37. The number of nitrogens with two attached hydrogens (primary N) is 1. The summed E-state index contributed by atoms with van der Waals surface area (Å²) in [5.74, 6) is 0.283. The van der Waals surface area contributed by atoms with Crippen LogP contribution in [0.1, 0.15) is 25.1 Å². The molecule has 3 nitrogen and oxygen atoms in total. The number of pyridine rings is 1. The molecule has 2 aromatic rings. The fourth-order valence-corrected chi connectivity index (χ4v) is 1.54. The van der Waals surface area contributed by atoms with Crippen molar-refractivity contribution in [3.8, 4) is 11.5 Å². The van der Waals surface area contributed by atoms with Gasteiger partial charge in [0.05, 0.1) is 11.9 Å². The number of halogens is 1. The van der Waals surface area contributed by atoms with E-state index in [2.05, 4.69) is 4.98 Å². The molecule has 0 aliphatic heterocycles. The van der Waals surface area contributed by atoms with Gasteiger partial charge in [-0.1, -0.05) is 19.1 Å². The lowest BCUT2D eigenvalue weighted by Crippen LogP contribution is -2.10. The predicted molar refractivity (Wildman–Crippen MR) is 67.9 cm³/mol. The van der Waals surface area contributed by atoms with Gasteiger partial charge in [-0.05, 0) is 30.7 Å². The van der Waals surface area contributed by atoms with Crippen LogP contribution in [0, 0.1) is 5.82 Å². The van der Waals surface area contributed by atoms with Gasteiger partial charge in [0.25, 0.3) is 0 Å². The van der Waals surface area contributed by atoms with Crippen LogP contribution in [0.2, 0.25) is 0 Å². The standard InChI is InChI=1S/C14H15FN2O/c1-2-12(16)13-8-7-10(9-17-13)18-14-6-4-3-5-11(14)15/h3-9,12H,2,16H2,1H3/t12-/m1/s1. The Morgan fingerprint density at radius 1 is 1.28 bits per heavy atom. The Hall–Kier alpha value is -1.94. The molecule has 4 heteroatoms. The van der Waals surface area contributed by atoms with E-state index >= 15 is 0 Å². The second-order valence-electron chi connectivity index (χ2n) is 3.97. The number of aromatic nitrogens is 1. The number of benzene rings is 1. The van der Waals surface area contributed by atoms with Crippen molar-refractivity contribution in [1.29, 1.82) is 0 Å². The van der Waals surface area contributed by atoms with E-state index in [1.807, 2.05) is 6.92 Å². The zero-order chi connectivity index (χ0) is 13.0. The van der Waals surface area contributed by atoms with E-state index in [4.69, 9.17) is 10.5 Å². The highest BCUT2D eigenvalue weighted by Crippen LogP contribution is 2.24. The molecule has 0 aliphatic rings.